The molecule has 3 N–H and O–H groups in total. The molecule has 0 bridgehead atoms. The van der Waals surface area contributed by atoms with Gasteiger partial charge in [-0.3, -0.25) is 10.2 Å². The minimum absolute atomic E-state index is 0.123. The second-order valence-corrected chi connectivity index (χ2v) is 3.97. The molecule has 0 radical (unpaired) electrons. The average molecular weight is 203 g/mol. The van der Waals surface area contributed by atoms with Crippen LogP contribution in [0.3, 0.4) is 0 Å². The highest BCUT2D eigenvalue weighted by atomic mass is 32.1. The van der Waals surface area contributed by atoms with E-state index in [1.807, 2.05) is 13.8 Å². The van der Waals surface area contributed by atoms with Crippen LogP contribution >= 0.6 is 12.2 Å². The van der Waals surface area contributed by atoms with E-state index in [1.165, 1.54) is 0 Å². The molecule has 1 atom stereocenters. The van der Waals surface area contributed by atoms with E-state index in [4.69, 9.17) is 18.0 Å². The van der Waals surface area contributed by atoms with E-state index < -0.39 is 5.92 Å². The normalized spacial score (nSPS) is 13.1. The molecule has 0 heterocycles. The second kappa shape index (κ2) is 5.14. The average Bonchev–Trinajstić information content (AvgIpc) is 1.81. The predicted octanol–water partition coefficient (Wildman–Crippen LogP) is 0.138. The maximum Gasteiger partial charge on any atom is 0.244 e. The van der Waals surface area contributed by atoms with Crippen LogP contribution in [0.2, 0.25) is 0 Å². The Kier molecular flexibility index (Phi) is 4.87. The molecular formula is C8H17N3OS. The SMILES string of the molecule is CC(C)C(C(=O)NN(C)C)C(N)=S. The fraction of sp³-hybridized carbons (Fsp3) is 0.750. The molecule has 76 valence electrons. The van der Waals surface area contributed by atoms with Gasteiger partial charge in [-0.25, -0.2) is 5.01 Å². The van der Waals surface area contributed by atoms with Gasteiger partial charge in [-0.1, -0.05) is 26.1 Å². The summed E-state index contributed by atoms with van der Waals surface area (Å²) in [7, 11) is 3.49. The zero-order chi connectivity index (χ0) is 10.6. The standard InChI is InChI=1S/C8H17N3OS/c1-5(2)6(7(9)13)8(12)10-11(3)4/h5-6H,1-4H3,(H2,9,13)(H,10,12). The summed E-state index contributed by atoms with van der Waals surface area (Å²) in [5.41, 5.74) is 8.10. The number of rotatable bonds is 4. The smallest absolute Gasteiger partial charge is 0.244 e. The van der Waals surface area contributed by atoms with Crippen molar-refractivity contribution in [3.8, 4) is 0 Å². The van der Waals surface area contributed by atoms with Crippen LogP contribution in [-0.4, -0.2) is 30.0 Å². The van der Waals surface area contributed by atoms with Crippen LogP contribution in [0, 0.1) is 11.8 Å². The lowest BCUT2D eigenvalue weighted by Gasteiger charge is -2.21. The highest BCUT2D eigenvalue weighted by Gasteiger charge is 2.24. The third-order valence-electron chi connectivity index (χ3n) is 1.59. The van der Waals surface area contributed by atoms with Crippen molar-refractivity contribution >= 4 is 23.1 Å². The van der Waals surface area contributed by atoms with Gasteiger partial charge in [0.15, 0.2) is 0 Å². The number of carbonyl (C=O) groups is 1. The first-order valence-corrected chi connectivity index (χ1v) is 4.54. The molecule has 0 saturated heterocycles. The highest BCUT2D eigenvalue weighted by molar-refractivity contribution is 7.80. The second-order valence-electron chi connectivity index (χ2n) is 3.49. The molecule has 0 aromatic carbocycles. The number of carbonyl (C=O) groups excluding carboxylic acids is 1. The maximum absolute atomic E-state index is 11.5. The molecule has 4 nitrogen and oxygen atoms in total. The van der Waals surface area contributed by atoms with Gasteiger partial charge in [0, 0.05) is 14.1 Å². The molecule has 1 amide bonds. The first-order valence-electron chi connectivity index (χ1n) is 4.13. The Labute approximate surface area is 84.4 Å². The van der Waals surface area contributed by atoms with E-state index in [0.717, 1.165) is 0 Å². The number of nitrogens with two attached hydrogens (primary N) is 1. The molecule has 13 heavy (non-hydrogen) atoms. The molecular weight excluding hydrogens is 186 g/mol. The van der Waals surface area contributed by atoms with E-state index in [-0.39, 0.29) is 16.8 Å². The summed E-state index contributed by atoms with van der Waals surface area (Å²) in [6.07, 6.45) is 0. The lowest BCUT2D eigenvalue weighted by Crippen LogP contribution is -2.45. The largest absolute Gasteiger partial charge is 0.393 e. The fourth-order valence-corrected chi connectivity index (χ4v) is 1.43. The van der Waals surface area contributed by atoms with Gasteiger partial charge in [0.1, 0.15) is 0 Å². The fourth-order valence-electron chi connectivity index (χ4n) is 1.05. The summed E-state index contributed by atoms with van der Waals surface area (Å²) in [6, 6.07) is 0. The number of nitrogens with one attached hydrogen (secondary N) is 1. The summed E-state index contributed by atoms with van der Waals surface area (Å²) in [4.78, 5) is 11.8. The maximum atomic E-state index is 11.5. The van der Waals surface area contributed by atoms with E-state index in [2.05, 4.69) is 5.43 Å². The van der Waals surface area contributed by atoms with Gasteiger partial charge < -0.3 is 5.73 Å². The monoisotopic (exact) mass is 203 g/mol. The van der Waals surface area contributed by atoms with Crippen molar-refractivity contribution in [3.05, 3.63) is 0 Å². The van der Waals surface area contributed by atoms with Crippen molar-refractivity contribution in [2.75, 3.05) is 14.1 Å². The molecule has 0 fully saturated rings. The van der Waals surface area contributed by atoms with Gasteiger partial charge in [-0.05, 0) is 5.92 Å². The quantitative estimate of drug-likeness (QED) is 0.504. The molecule has 0 aliphatic carbocycles. The van der Waals surface area contributed by atoms with Crippen molar-refractivity contribution in [2.45, 2.75) is 13.8 Å². The van der Waals surface area contributed by atoms with Crippen LogP contribution in [0.5, 0.6) is 0 Å². The molecule has 0 spiro atoms. The Morgan fingerprint density at radius 3 is 2.15 bits per heavy atom. The van der Waals surface area contributed by atoms with Crippen LogP contribution in [0.4, 0.5) is 0 Å². The zero-order valence-electron chi connectivity index (χ0n) is 8.50. The molecule has 0 aromatic heterocycles. The topological polar surface area (TPSA) is 58.4 Å². The van der Waals surface area contributed by atoms with Gasteiger partial charge in [0.25, 0.3) is 0 Å². The summed E-state index contributed by atoms with van der Waals surface area (Å²) in [5.74, 6) is -0.414. The first kappa shape index (κ1) is 12.3. The Hall–Kier alpha value is -0.680. The summed E-state index contributed by atoms with van der Waals surface area (Å²) in [6.45, 7) is 3.83. The number of hydrazine groups is 1. The van der Waals surface area contributed by atoms with E-state index in [1.54, 1.807) is 19.1 Å². The minimum Gasteiger partial charge on any atom is -0.393 e. The van der Waals surface area contributed by atoms with Crippen molar-refractivity contribution in [1.29, 1.82) is 0 Å². The van der Waals surface area contributed by atoms with Crippen molar-refractivity contribution in [1.82, 2.24) is 10.4 Å². The van der Waals surface area contributed by atoms with Crippen LogP contribution in [-0.2, 0) is 4.79 Å². The van der Waals surface area contributed by atoms with Crippen LogP contribution in [0.15, 0.2) is 0 Å². The lowest BCUT2D eigenvalue weighted by atomic mass is 9.95. The van der Waals surface area contributed by atoms with Crippen LogP contribution in [0.1, 0.15) is 13.8 Å². The Morgan fingerprint density at radius 2 is 1.92 bits per heavy atom. The van der Waals surface area contributed by atoms with Crippen LogP contribution in [0.25, 0.3) is 0 Å². The lowest BCUT2D eigenvalue weighted by molar-refractivity contribution is -0.127. The first-order chi connectivity index (χ1) is 5.86. The molecule has 0 rings (SSSR count). The Bertz CT molecular complexity index is 204. The van der Waals surface area contributed by atoms with E-state index in [9.17, 15) is 4.79 Å². The Morgan fingerprint density at radius 1 is 1.46 bits per heavy atom. The van der Waals surface area contributed by atoms with Gasteiger partial charge in [-0.2, -0.15) is 0 Å². The number of hydrogen-bond donors (Lipinski definition) is 2. The third kappa shape index (κ3) is 4.19. The van der Waals surface area contributed by atoms with Crippen molar-refractivity contribution in [3.63, 3.8) is 0 Å². The molecule has 0 aliphatic rings. The third-order valence-corrected chi connectivity index (χ3v) is 1.84. The number of thiocarbonyl (C=S) groups is 1. The van der Waals surface area contributed by atoms with Gasteiger partial charge in [0.2, 0.25) is 5.91 Å². The number of hydrogen-bond acceptors (Lipinski definition) is 3. The molecule has 1 unspecified atom stereocenters. The molecule has 0 aromatic rings. The van der Waals surface area contributed by atoms with Crippen molar-refractivity contribution in [2.24, 2.45) is 17.6 Å². The summed E-state index contributed by atoms with van der Waals surface area (Å²) < 4.78 is 0. The van der Waals surface area contributed by atoms with Gasteiger partial charge in [-0.15, -0.1) is 0 Å². The summed E-state index contributed by atoms with van der Waals surface area (Å²) in [5, 5.41) is 1.58. The summed E-state index contributed by atoms with van der Waals surface area (Å²) >= 11 is 4.82. The van der Waals surface area contributed by atoms with Crippen LogP contribution < -0.4 is 11.2 Å². The predicted molar refractivity (Wildman–Crippen MR) is 56.9 cm³/mol. The highest BCUT2D eigenvalue weighted by Crippen LogP contribution is 2.11. The van der Waals surface area contributed by atoms with Gasteiger partial charge >= 0.3 is 0 Å². The molecule has 0 aliphatic heterocycles. The van der Waals surface area contributed by atoms with Gasteiger partial charge in [0.05, 0.1) is 10.9 Å². The Balaban J connectivity index is 4.38. The molecule has 5 heteroatoms. The zero-order valence-corrected chi connectivity index (χ0v) is 9.31. The minimum atomic E-state index is -0.391. The van der Waals surface area contributed by atoms with Crippen molar-refractivity contribution < 1.29 is 4.79 Å². The number of nitrogens with zero attached hydrogens (tertiary/aromatic N) is 1. The van der Waals surface area contributed by atoms with E-state index >= 15 is 0 Å². The number of amides is 1. The molecule has 0 saturated carbocycles. The van der Waals surface area contributed by atoms with E-state index in [0.29, 0.717) is 0 Å².